The number of methoxy groups -OCH3 is 3. The fraction of sp³-hybridized carbons (Fsp3) is 0.536. The van der Waals surface area contributed by atoms with Gasteiger partial charge in [0.1, 0.15) is 0 Å². The zero-order valence-corrected chi connectivity index (χ0v) is 26.6. The molecule has 2 heterocycles. The van der Waals surface area contributed by atoms with Gasteiger partial charge in [0.05, 0.1) is 21.3 Å². The molecular weight excluding hydrogens is 547 g/mol. The van der Waals surface area contributed by atoms with Crippen LogP contribution < -0.4 is 19.5 Å². The SMILES string of the molecule is CC.COc1cc(-c2cnc3c(n2)c(C(=O)NC(C)(C)C)c(C)n3COCC[As](C)C)cc(OC)c1OC. The Morgan fingerprint density at radius 3 is 2.16 bits per heavy atom. The van der Waals surface area contributed by atoms with E-state index in [4.69, 9.17) is 28.9 Å². The Labute approximate surface area is 231 Å². The van der Waals surface area contributed by atoms with Crippen molar-refractivity contribution in [1.82, 2.24) is 19.9 Å². The number of fused-ring (bicyclic) bond motifs is 1. The first-order valence-corrected chi connectivity index (χ1v) is 17.8. The molecule has 0 atom stereocenters. The van der Waals surface area contributed by atoms with Crippen LogP contribution in [0, 0.1) is 6.92 Å². The van der Waals surface area contributed by atoms with E-state index in [-0.39, 0.29) is 5.91 Å². The molecule has 1 aromatic carbocycles. The van der Waals surface area contributed by atoms with E-state index >= 15 is 0 Å². The van der Waals surface area contributed by atoms with Crippen LogP contribution in [-0.2, 0) is 11.5 Å². The van der Waals surface area contributed by atoms with Crippen molar-refractivity contribution in [3.8, 4) is 28.5 Å². The number of amides is 1. The summed E-state index contributed by atoms with van der Waals surface area (Å²) in [5.41, 5.74) is 7.88. The molecule has 0 aliphatic rings. The van der Waals surface area contributed by atoms with Gasteiger partial charge in [0.2, 0.25) is 5.75 Å². The maximum absolute atomic E-state index is 13.4. The van der Waals surface area contributed by atoms with Crippen LogP contribution in [0.3, 0.4) is 0 Å². The molecular formula is C28H43AsN4O5. The second-order valence-electron chi connectivity index (χ2n) is 9.77. The second-order valence-corrected chi connectivity index (χ2v) is 15.2. The third kappa shape index (κ3) is 7.41. The van der Waals surface area contributed by atoms with E-state index in [1.54, 1.807) is 27.5 Å². The first-order valence-electron chi connectivity index (χ1n) is 12.7. The second kappa shape index (κ2) is 13.9. The number of ether oxygens (including phenoxy) is 4. The van der Waals surface area contributed by atoms with E-state index < -0.39 is 20.2 Å². The fourth-order valence-electron chi connectivity index (χ4n) is 3.82. The van der Waals surface area contributed by atoms with Crippen LogP contribution in [0.1, 0.15) is 50.7 Å². The number of hydrogen-bond acceptors (Lipinski definition) is 7. The van der Waals surface area contributed by atoms with E-state index in [9.17, 15) is 4.79 Å². The molecule has 0 saturated heterocycles. The summed E-state index contributed by atoms with van der Waals surface area (Å²) in [6.45, 7) is 12.8. The van der Waals surface area contributed by atoms with Crippen molar-refractivity contribution >= 4 is 31.7 Å². The summed E-state index contributed by atoms with van der Waals surface area (Å²) in [6, 6.07) is 3.63. The predicted molar refractivity (Wildman–Crippen MR) is 154 cm³/mol. The van der Waals surface area contributed by atoms with Crippen LogP contribution in [-0.4, -0.2) is 68.6 Å². The number of carbonyl (C=O) groups is 1. The Hall–Kier alpha value is -2.77. The Kier molecular flexibility index (Phi) is 11.5. The van der Waals surface area contributed by atoms with Crippen LogP contribution in [0.5, 0.6) is 17.2 Å². The van der Waals surface area contributed by atoms with E-state index in [0.717, 1.165) is 16.5 Å². The molecule has 3 rings (SSSR count). The topological polar surface area (TPSA) is 96.7 Å². The van der Waals surface area contributed by atoms with Gasteiger partial charge in [0, 0.05) is 0 Å². The zero-order chi connectivity index (χ0) is 28.6. The summed E-state index contributed by atoms with van der Waals surface area (Å²) < 4.78 is 24.3. The summed E-state index contributed by atoms with van der Waals surface area (Å²) in [5, 5.41) is 4.16. The van der Waals surface area contributed by atoms with Gasteiger partial charge < -0.3 is 14.2 Å². The average Bonchev–Trinajstić information content (AvgIpc) is 3.15. The third-order valence-electron chi connectivity index (χ3n) is 5.59. The summed E-state index contributed by atoms with van der Waals surface area (Å²) in [7, 11) is 4.69. The van der Waals surface area contributed by atoms with E-state index in [0.29, 0.717) is 53.0 Å². The van der Waals surface area contributed by atoms with E-state index in [1.165, 1.54) is 0 Å². The number of hydrogen-bond donors (Lipinski definition) is 1. The molecule has 0 fully saturated rings. The van der Waals surface area contributed by atoms with Crippen molar-refractivity contribution in [3.05, 3.63) is 29.6 Å². The van der Waals surface area contributed by atoms with E-state index in [2.05, 4.69) is 16.7 Å². The molecule has 210 valence electrons. The number of aromatic nitrogens is 3. The minimum atomic E-state index is -0.774. The Bertz CT molecular complexity index is 1210. The number of nitrogens with one attached hydrogen (secondary N) is 1. The third-order valence-corrected chi connectivity index (χ3v) is 7.85. The Balaban J connectivity index is 0.00000247. The molecule has 0 spiro atoms. The molecule has 0 unspecified atom stereocenters. The summed E-state index contributed by atoms with van der Waals surface area (Å²) in [4.78, 5) is 23.0. The molecule has 0 aliphatic heterocycles. The standard InChI is InChI=1S/C26H37AsN4O5.C2H6/c1-16-21(25(32)30-26(2,3)4)22-24(31(16)15-36-11-10-27(5)6)28-14-18(29-22)17-12-19(33-7)23(35-9)20(13-17)34-8;1-2/h12-14H,10-11,15H2,1-9H3,(H,30,32);1-2H3. The molecule has 1 N–H and O–H groups in total. The quantitative estimate of drug-likeness (QED) is 0.239. The van der Waals surface area contributed by atoms with Crippen LogP contribution >= 0.6 is 0 Å². The van der Waals surface area contributed by atoms with Crippen LogP contribution in [0.2, 0.25) is 16.6 Å². The summed E-state index contributed by atoms with van der Waals surface area (Å²) in [6.07, 6.45) is 1.69. The molecule has 10 heteroatoms. The minimum absolute atomic E-state index is 0.199. The molecule has 2 aromatic heterocycles. The van der Waals surface area contributed by atoms with Gasteiger partial charge in [-0.1, -0.05) is 13.8 Å². The molecule has 1 amide bonds. The monoisotopic (exact) mass is 590 g/mol. The van der Waals surface area contributed by atoms with Gasteiger partial charge in [-0.2, -0.15) is 0 Å². The number of rotatable bonds is 10. The van der Waals surface area contributed by atoms with Gasteiger partial charge in [-0.25, -0.2) is 0 Å². The zero-order valence-electron chi connectivity index (χ0n) is 24.7. The van der Waals surface area contributed by atoms with Crippen molar-refractivity contribution in [1.29, 1.82) is 0 Å². The molecule has 0 bridgehead atoms. The van der Waals surface area contributed by atoms with Crippen molar-refractivity contribution in [3.63, 3.8) is 0 Å². The molecule has 38 heavy (non-hydrogen) atoms. The van der Waals surface area contributed by atoms with Gasteiger partial charge in [0.25, 0.3) is 0 Å². The Morgan fingerprint density at radius 1 is 1.05 bits per heavy atom. The Morgan fingerprint density at radius 2 is 1.66 bits per heavy atom. The number of benzene rings is 1. The van der Waals surface area contributed by atoms with Crippen molar-refractivity contribution < 1.29 is 23.7 Å². The van der Waals surface area contributed by atoms with Crippen molar-refractivity contribution in [2.24, 2.45) is 0 Å². The van der Waals surface area contributed by atoms with E-state index in [1.807, 2.05) is 58.2 Å². The normalized spacial score (nSPS) is 11.3. The summed E-state index contributed by atoms with van der Waals surface area (Å²) in [5.74, 6) is 1.31. The minimum Gasteiger partial charge on any atom is -0.493 e. The van der Waals surface area contributed by atoms with Crippen LogP contribution in [0.25, 0.3) is 22.4 Å². The first kappa shape index (κ1) is 31.4. The summed E-state index contributed by atoms with van der Waals surface area (Å²) >= 11 is -0.774. The maximum atomic E-state index is 13.4. The van der Waals surface area contributed by atoms with Crippen LogP contribution in [0.15, 0.2) is 18.3 Å². The number of nitrogens with zero attached hydrogens (tertiary/aromatic N) is 3. The average molecular weight is 591 g/mol. The molecule has 0 saturated carbocycles. The smallest absolute Gasteiger partial charge is 0.493 e. The van der Waals surface area contributed by atoms with Gasteiger partial charge in [0.15, 0.2) is 0 Å². The molecule has 0 aliphatic carbocycles. The van der Waals surface area contributed by atoms with Crippen molar-refractivity contribution in [2.45, 2.75) is 70.4 Å². The van der Waals surface area contributed by atoms with Crippen LogP contribution in [0.4, 0.5) is 0 Å². The van der Waals surface area contributed by atoms with Gasteiger partial charge in [-0.15, -0.1) is 0 Å². The van der Waals surface area contributed by atoms with Gasteiger partial charge >= 0.3 is 177 Å². The van der Waals surface area contributed by atoms with Gasteiger partial charge in [-0.05, 0) is 0 Å². The molecule has 0 radical (unpaired) electrons. The fourth-order valence-corrected chi connectivity index (χ4v) is 4.85. The number of carbonyl (C=O) groups excluding carboxylic acids is 1. The first-order chi connectivity index (χ1) is 18.0. The van der Waals surface area contributed by atoms with Crippen molar-refractivity contribution in [2.75, 3.05) is 27.9 Å². The molecule has 3 aromatic rings. The van der Waals surface area contributed by atoms with Gasteiger partial charge in [-0.3, -0.25) is 0 Å². The predicted octanol–water partition coefficient (Wildman–Crippen LogP) is 5.72. The molecule has 9 nitrogen and oxygen atoms in total.